The smallest absolute Gasteiger partial charge is 0.253 e. The maximum atomic E-state index is 13.1. The quantitative estimate of drug-likeness (QED) is 0.168. The highest BCUT2D eigenvalue weighted by Gasteiger charge is 2.28. The van der Waals surface area contributed by atoms with Gasteiger partial charge in [0.05, 0.1) is 11.4 Å². The van der Waals surface area contributed by atoms with Crippen LogP contribution in [0, 0.1) is 25.5 Å². The van der Waals surface area contributed by atoms with Crippen LogP contribution >= 0.6 is 0 Å². The molecule has 0 radical (unpaired) electrons. The van der Waals surface area contributed by atoms with Crippen molar-refractivity contribution in [2.24, 2.45) is 0 Å². The maximum Gasteiger partial charge on any atom is 0.253 e. The number of benzene rings is 5. The number of amides is 2. The predicted molar refractivity (Wildman–Crippen MR) is 232 cm³/mol. The van der Waals surface area contributed by atoms with E-state index in [1.54, 1.807) is 24.3 Å². The van der Waals surface area contributed by atoms with E-state index in [1.807, 2.05) is 96.6 Å². The molecule has 60 heavy (non-hydrogen) atoms. The van der Waals surface area contributed by atoms with Crippen LogP contribution in [0.2, 0.25) is 0 Å². The number of aromatic amines is 2. The van der Waals surface area contributed by atoms with E-state index in [9.17, 15) is 18.4 Å². The van der Waals surface area contributed by atoms with Crippen LogP contribution in [0.25, 0.3) is 33.5 Å². The number of aromatic nitrogens is 4. The zero-order valence-electron chi connectivity index (χ0n) is 33.9. The Labute approximate surface area is 349 Å². The van der Waals surface area contributed by atoms with E-state index in [-0.39, 0.29) is 23.4 Å². The number of aryl methyl sites for hydroxylation is 2. The molecule has 7 aromatic rings. The summed E-state index contributed by atoms with van der Waals surface area (Å²) in [5.41, 5.74) is 9.40. The van der Waals surface area contributed by atoms with Crippen LogP contribution in [-0.2, 0) is 0 Å². The monoisotopic (exact) mass is 802 g/mol. The highest BCUT2D eigenvalue weighted by molar-refractivity contribution is 5.95. The van der Waals surface area contributed by atoms with Crippen molar-refractivity contribution < 1.29 is 18.4 Å². The van der Waals surface area contributed by atoms with Crippen molar-refractivity contribution in [2.45, 2.75) is 51.4 Å². The molecule has 0 aliphatic carbocycles. The first-order valence-electron chi connectivity index (χ1n) is 20.6. The summed E-state index contributed by atoms with van der Waals surface area (Å²) in [6.07, 6.45) is 5.59. The van der Waals surface area contributed by atoms with Gasteiger partial charge in [-0.3, -0.25) is 9.59 Å². The van der Waals surface area contributed by atoms with Gasteiger partial charge in [-0.25, -0.2) is 18.7 Å². The molecule has 10 heteroatoms. The molecule has 2 fully saturated rings. The van der Waals surface area contributed by atoms with Gasteiger partial charge in [-0.1, -0.05) is 78.9 Å². The Morgan fingerprint density at radius 2 is 0.950 bits per heavy atom. The van der Waals surface area contributed by atoms with Gasteiger partial charge in [0, 0.05) is 66.6 Å². The number of halogens is 2. The molecule has 2 aliphatic rings. The third kappa shape index (κ3) is 9.28. The van der Waals surface area contributed by atoms with E-state index in [0.29, 0.717) is 36.1 Å². The number of hydrogen-bond acceptors (Lipinski definition) is 4. The Hall–Kier alpha value is -6.68. The van der Waals surface area contributed by atoms with Crippen molar-refractivity contribution in [2.75, 3.05) is 26.2 Å². The Morgan fingerprint density at radius 3 is 1.37 bits per heavy atom. The fourth-order valence-corrected chi connectivity index (χ4v) is 8.04. The largest absolute Gasteiger partial charge is 0.348 e. The predicted octanol–water partition coefficient (Wildman–Crippen LogP) is 10.8. The van der Waals surface area contributed by atoms with Crippen LogP contribution in [0.15, 0.2) is 134 Å². The fourth-order valence-electron chi connectivity index (χ4n) is 8.04. The molecule has 0 atom stereocenters. The second kappa shape index (κ2) is 18.1. The summed E-state index contributed by atoms with van der Waals surface area (Å²) in [4.78, 5) is 45.8. The summed E-state index contributed by atoms with van der Waals surface area (Å²) in [6, 6.07) is 38.0. The van der Waals surface area contributed by atoms with E-state index < -0.39 is 0 Å². The number of carbonyl (C=O) groups is 2. The van der Waals surface area contributed by atoms with Crippen LogP contribution < -0.4 is 0 Å². The molecule has 0 saturated carbocycles. The molecule has 0 spiro atoms. The molecule has 0 bridgehead atoms. The van der Waals surface area contributed by atoms with Crippen LogP contribution in [0.3, 0.4) is 0 Å². The first-order valence-corrected chi connectivity index (χ1v) is 20.6. The number of piperidine rings is 2. The van der Waals surface area contributed by atoms with Gasteiger partial charge in [-0.15, -0.1) is 0 Å². The average molecular weight is 803 g/mol. The standard InChI is InChI=1S/C27H24FN3O.C23H24FN3O/c28-24-12-10-20(11-13-24)19-6-8-23(9-7-19)27(32)31-16-14-22(15-17-31)26-29-18-25(30-26)21-4-2-1-3-5-21;1-15-16(2)26-22(25-15)19-11-13-27(14-12-19)23(28)20-5-3-17(4-6-20)18-7-9-21(24)10-8-18/h1-13,18,22H,14-17H2,(H,29,30);3-10,19H,11-14H2,1-2H3,(H,25,26). The topological polar surface area (TPSA) is 98.0 Å². The minimum absolute atomic E-state index is 0.0542. The molecule has 8 nitrogen and oxygen atoms in total. The molecule has 9 rings (SSSR count). The van der Waals surface area contributed by atoms with Crippen LogP contribution in [0.4, 0.5) is 8.78 Å². The summed E-state index contributed by atoms with van der Waals surface area (Å²) in [5, 5.41) is 0. The van der Waals surface area contributed by atoms with Crippen molar-refractivity contribution in [3.8, 4) is 33.5 Å². The van der Waals surface area contributed by atoms with Gasteiger partial charge >= 0.3 is 0 Å². The molecule has 304 valence electrons. The molecule has 4 heterocycles. The third-order valence-corrected chi connectivity index (χ3v) is 11.8. The van der Waals surface area contributed by atoms with Crippen molar-refractivity contribution >= 4 is 11.8 Å². The van der Waals surface area contributed by atoms with Crippen LogP contribution in [0.5, 0.6) is 0 Å². The molecule has 5 aromatic carbocycles. The Kier molecular flexibility index (Phi) is 12.1. The Balaban J connectivity index is 0.000000168. The SMILES string of the molecule is Cc1nc(C2CCN(C(=O)c3ccc(-c4ccc(F)cc4)cc3)CC2)[nH]c1C.O=C(c1ccc(-c2ccc(F)cc2)cc1)N1CCC(c2nc(-c3ccccc3)c[nH]2)CC1. The summed E-state index contributed by atoms with van der Waals surface area (Å²) >= 11 is 0. The lowest BCUT2D eigenvalue weighted by Crippen LogP contribution is -2.38. The highest BCUT2D eigenvalue weighted by atomic mass is 19.1. The number of nitrogens with zero attached hydrogens (tertiary/aromatic N) is 4. The van der Waals surface area contributed by atoms with Crippen molar-refractivity contribution in [1.82, 2.24) is 29.7 Å². The molecule has 2 aromatic heterocycles. The van der Waals surface area contributed by atoms with Crippen molar-refractivity contribution in [3.05, 3.63) is 179 Å². The summed E-state index contributed by atoms with van der Waals surface area (Å²) in [6.45, 7) is 6.96. The number of hydrogen-bond donors (Lipinski definition) is 2. The average Bonchev–Trinajstić information content (AvgIpc) is 3.93. The summed E-state index contributed by atoms with van der Waals surface area (Å²) < 4.78 is 26.2. The Bertz CT molecular complexity index is 2500. The number of rotatable bonds is 7. The third-order valence-electron chi connectivity index (χ3n) is 11.8. The van der Waals surface area contributed by atoms with Gasteiger partial charge in [0.1, 0.15) is 23.3 Å². The number of nitrogens with one attached hydrogen (secondary N) is 2. The van der Waals surface area contributed by atoms with E-state index in [2.05, 4.69) is 27.1 Å². The van der Waals surface area contributed by atoms with Gasteiger partial charge in [0.25, 0.3) is 11.8 Å². The molecule has 2 saturated heterocycles. The van der Waals surface area contributed by atoms with Gasteiger partial charge in [0.15, 0.2) is 0 Å². The highest BCUT2D eigenvalue weighted by Crippen LogP contribution is 2.31. The van der Waals surface area contributed by atoms with Gasteiger partial charge in [-0.05, 0) is 110 Å². The summed E-state index contributed by atoms with van der Waals surface area (Å²) in [5.74, 6) is 2.38. The van der Waals surface area contributed by atoms with Crippen molar-refractivity contribution in [3.63, 3.8) is 0 Å². The maximum absolute atomic E-state index is 13.1. The minimum atomic E-state index is -0.255. The lowest BCUT2D eigenvalue weighted by atomic mass is 9.95. The number of imidazole rings is 2. The molecule has 2 N–H and O–H groups in total. The molecular weight excluding hydrogens is 755 g/mol. The van der Waals surface area contributed by atoms with E-state index in [4.69, 9.17) is 4.98 Å². The van der Waals surface area contributed by atoms with E-state index in [0.717, 1.165) is 95.3 Å². The zero-order valence-corrected chi connectivity index (χ0v) is 33.9. The summed E-state index contributed by atoms with van der Waals surface area (Å²) in [7, 11) is 0. The fraction of sp³-hybridized carbons (Fsp3) is 0.240. The number of carbonyl (C=O) groups excluding carboxylic acids is 2. The van der Waals surface area contributed by atoms with E-state index >= 15 is 0 Å². The van der Waals surface area contributed by atoms with E-state index in [1.165, 1.54) is 24.3 Å². The normalized spacial score (nSPS) is 14.7. The van der Waals surface area contributed by atoms with Gasteiger partial charge < -0.3 is 19.8 Å². The number of H-pyrrole nitrogens is 2. The molecule has 2 amide bonds. The van der Waals surface area contributed by atoms with Gasteiger partial charge in [-0.2, -0.15) is 0 Å². The first kappa shape index (κ1) is 40.1. The lowest BCUT2D eigenvalue weighted by molar-refractivity contribution is 0.0704. The number of likely N-dealkylation sites (tertiary alicyclic amines) is 2. The second-order valence-electron chi connectivity index (χ2n) is 15.7. The first-order chi connectivity index (χ1) is 29.2. The second-order valence-corrected chi connectivity index (χ2v) is 15.7. The van der Waals surface area contributed by atoms with Crippen molar-refractivity contribution in [1.29, 1.82) is 0 Å². The van der Waals surface area contributed by atoms with Crippen LogP contribution in [-0.4, -0.2) is 67.7 Å². The molecule has 2 aliphatic heterocycles. The molecular formula is C50H48F2N6O2. The lowest BCUT2D eigenvalue weighted by Gasteiger charge is -2.31. The Morgan fingerprint density at radius 1 is 0.533 bits per heavy atom. The minimum Gasteiger partial charge on any atom is -0.348 e. The van der Waals surface area contributed by atoms with Gasteiger partial charge in [0.2, 0.25) is 0 Å². The molecule has 0 unspecified atom stereocenters. The van der Waals surface area contributed by atoms with Crippen LogP contribution in [0.1, 0.15) is 81.3 Å². The zero-order chi connectivity index (χ0) is 41.6.